The van der Waals surface area contributed by atoms with E-state index in [9.17, 15) is 0 Å². The van der Waals surface area contributed by atoms with Crippen LogP contribution in [0.2, 0.25) is 0 Å². The predicted molar refractivity (Wildman–Crippen MR) is 99.2 cm³/mol. The van der Waals surface area contributed by atoms with Crippen molar-refractivity contribution in [1.82, 2.24) is 4.90 Å². The van der Waals surface area contributed by atoms with E-state index in [4.69, 9.17) is 0 Å². The average Bonchev–Trinajstić information content (AvgIpc) is 2.55. The first kappa shape index (κ1) is 17.2. The summed E-state index contributed by atoms with van der Waals surface area (Å²) in [6, 6.07) is 21.5. The Morgan fingerprint density at radius 2 is 1.32 bits per heavy atom. The summed E-state index contributed by atoms with van der Waals surface area (Å²) < 4.78 is 0. The minimum atomic E-state index is 0.532. The molecule has 0 fully saturated rings. The van der Waals surface area contributed by atoms with Crippen molar-refractivity contribution in [3.05, 3.63) is 71.8 Å². The summed E-state index contributed by atoms with van der Waals surface area (Å²) in [5.74, 6) is 0.689. The molecule has 2 aromatic carbocycles. The Balaban J connectivity index is 2.06. The summed E-state index contributed by atoms with van der Waals surface area (Å²) in [6.45, 7) is 7.64. The van der Waals surface area contributed by atoms with Crippen LogP contribution in [0, 0.1) is 5.92 Å². The largest absolute Gasteiger partial charge is 0.294 e. The lowest BCUT2D eigenvalue weighted by Crippen LogP contribution is -2.32. The van der Waals surface area contributed by atoms with Gasteiger partial charge in [0.05, 0.1) is 0 Å². The van der Waals surface area contributed by atoms with Crippen molar-refractivity contribution in [1.29, 1.82) is 0 Å². The molecule has 1 nitrogen and oxygen atoms in total. The van der Waals surface area contributed by atoms with Crippen molar-refractivity contribution in [3.63, 3.8) is 0 Å². The number of benzene rings is 2. The average molecular weight is 360 g/mol. The van der Waals surface area contributed by atoms with Gasteiger partial charge in [-0.2, -0.15) is 0 Å². The zero-order chi connectivity index (χ0) is 15.8. The number of rotatable bonds is 8. The summed E-state index contributed by atoms with van der Waals surface area (Å²) in [6.07, 6.45) is 1.21. The molecular weight excluding hydrogens is 334 g/mol. The quantitative estimate of drug-likeness (QED) is 0.562. The molecule has 118 valence electrons. The van der Waals surface area contributed by atoms with Gasteiger partial charge in [0.15, 0.2) is 0 Å². The molecule has 0 amide bonds. The highest BCUT2D eigenvalue weighted by Gasteiger charge is 2.17. The van der Waals surface area contributed by atoms with Crippen molar-refractivity contribution >= 4 is 15.9 Å². The fourth-order valence-electron chi connectivity index (χ4n) is 2.55. The number of hydrogen-bond donors (Lipinski definition) is 0. The van der Waals surface area contributed by atoms with E-state index in [0.717, 1.165) is 19.6 Å². The number of halogens is 1. The molecule has 22 heavy (non-hydrogen) atoms. The molecule has 0 bridgehead atoms. The number of hydrogen-bond acceptors (Lipinski definition) is 1. The molecule has 0 aliphatic heterocycles. The summed E-state index contributed by atoms with van der Waals surface area (Å²) in [5, 5.41) is 0. The Morgan fingerprint density at radius 1 is 0.864 bits per heavy atom. The standard InChI is InChI=1S/C20H26BrN/c1-3-17(2)20(21)16-22(14-18-10-6-4-7-11-18)15-19-12-8-5-9-13-19/h4-13,17,20H,3,14-16H2,1-2H3/t17-,20+/m1/s1. The van der Waals surface area contributed by atoms with Gasteiger partial charge in [0.2, 0.25) is 0 Å². The Hall–Kier alpha value is -1.12. The molecular formula is C20H26BrN. The summed E-state index contributed by atoms with van der Waals surface area (Å²) >= 11 is 3.89. The topological polar surface area (TPSA) is 3.24 Å². The van der Waals surface area contributed by atoms with Crippen molar-refractivity contribution < 1.29 is 0 Å². The van der Waals surface area contributed by atoms with Gasteiger partial charge < -0.3 is 0 Å². The number of alkyl halides is 1. The van der Waals surface area contributed by atoms with Crippen molar-refractivity contribution in [2.75, 3.05) is 6.54 Å². The van der Waals surface area contributed by atoms with Gasteiger partial charge in [0, 0.05) is 24.5 Å². The van der Waals surface area contributed by atoms with E-state index in [0.29, 0.717) is 10.7 Å². The molecule has 2 aromatic rings. The highest BCUT2D eigenvalue weighted by atomic mass is 79.9. The van der Waals surface area contributed by atoms with Gasteiger partial charge in [0.1, 0.15) is 0 Å². The maximum absolute atomic E-state index is 3.89. The SMILES string of the molecule is CC[C@@H](C)[C@@H](Br)CN(Cc1ccccc1)Cc1ccccc1. The normalized spacial score (nSPS) is 14.0. The molecule has 0 heterocycles. The molecule has 2 atom stereocenters. The van der Waals surface area contributed by atoms with Crippen molar-refractivity contribution in [2.45, 2.75) is 38.2 Å². The molecule has 0 aliphatic carbocycles. The van der Waals surface area contributed by atoms with Crippen LogP contribution in [0.1, 0.15) is 31.4 Å². The minimum absolute atomic E-state index is 0.532. The van der Waals surface area contributed by atoms with E-state index in [1.54, 1.807) is 0 Å². The van der Waals surface area contributed by atoms with Crippen LogP contribution in [-0.2, 0) is 13.1 Å². The van der Waals surface area contributed by atoms with Gasteiger partial charge in [-0.3, -0.25) is 4.90 Å². The van der Waals surface area contributed by atoms with Crippen molar-refractivity contribution in [3.8, 4) is 0 Å². The van der Waals surface area contributed by atoms with E-state index in [1.807, 2.05) is 0 Å². The fraction of sp³-hybridized carbons (Fsp3) is 0.400. The van der Waals surface area contributed by atoms with Crippen LogP contribution in [0.25, 0.3) is 0 Å². The minimum Gasteiger partial charge on any atom is -0.294 e. The van der Waals surface area contributed by atoms with Crippen LogP contribution in [0.4, 0.5) is 0 Å². The van der Waals surface area contributed by atoms with Crippen LogP contribution in [0.5, 0.6) is 0 Å². The van der Waals surface area contributed by atoms with Crippen molar-refractivity contribution in [2.24, 2.45) is 5.92 Å². The van der Waals surface area contributed by atoms with Gasteiger partial charge in [-0.25, -0.2) is 0 Å². The Bertz CT molecular complexity index is 484. The molecule has 0 radical (unpaired) electrons. The maximum atomic E-state index is 3.89. The van der Waals surface area contributed by atoms with E-state index in [2.05, 4.69) is 95.3 Å². The molecule has 0 aromatic heterocycles. The Morgan fingerprint density at radius 3 is 1.73 bits per heavy atom. The van der Waals surface area contributed by atoms with Gasteiger partial charge in [-0.15, -0.1) is 0 Å². The third kappa shape index (κ3) is 5.58. The van der Waals surface area contributed by atoms with Crippen LogP contribution in [0.15, 0.2) is 60.7 Å². The van der Waals surface area contributed by atoms with Gasteiger partial charge in [-0.05, 0) is 17.0 Å². The lowest BCUT2D eigenvalue weighted by molar-refractivity contribution is 0.244. The van der Waals surface area contributed by atoms with E-state index in [-0.39, 0.29) is 0 Å². The lowest BCUT2D eigenvalue weighted by Gasteiger charge is -2.27. The predicted octanol–water partition coefficient (Wildman–Crippen LogP) is 5.50. The molecule has 0 saturated carbocycles. The van der Waals surface area contributed by atoms with Crippen LogP contribution >= 0.6 is 15.9 Å². The molecule has 0 aliphatic rings. The highest BCUT2D eigenvalue weighted by Crippen LogP contribution is 2.20. The van der Waals surface area contributed by atoms with Gasteiger partial charge in [-0.1, -0.05) is 96.9 Å². The highest BCUT2D eigenvalue weighted by molar-refractivity contribution is 9.09. The summed E-state index contributed by atoms with van der Waals surface area (Å²) in [7, 11) is 0. The lowest BCUT2D eigenvalue weighted by atomic mass is 10.0. The van der Waals surface area contributed by atoms with Crippen LogP contribution < -0.4 is 0 Å². The Kier molecular flexibility index (Phi) is 7.14. The smallest absolute Gasteiger partial charge is 0.0298 e. The first-order chi connectivity index (χ1) is 10.7. The second kappa shape index (κ2) is 9.12. The molecule has 0 N–H and O–H groups in total. The first-order valence-corrected chi connectivity index (χ1v) is 9.05. The summed E-state index contributed by atoms with van der Waals surface area (Å²) in [4.78, 5) is 3.07. The molecule has 2 heteroatoms. The second-order valence-electron chi connectivity index (χ2n) is 6.04. The zero-order valence-corrected chi connectivity index (χ0v) is 15.2. The van der Waals surface area contributed by atoms with Crippen LogP contribution in [-0.4, -0.2) is 16.3 Å². The Labute approximate surface area is 143 Å². The third-order valence-corrected chi connectivity index (χ3v) is 5.38. The zero-order valence-electron chi connectivity index (χ0n) is 13.6. The van der Waals surface area contributed by atoms with E-state index >= 15 is 0 Å². The molecule has 0 saturated heterocycles. The van der Waals surface area contributed by atoms with Gasteiger partial charge >= 0.3 is 0 Å². The fourth-order valence-corrected chi connectivity index (χ4v) is 3.33. The maximum Gasteiger partial charge on any atom is 0.0298 e. The summed E-state index contributed by atoms with van der Waals surface area (Å²) in [5.41, 5.74) is 2.75. The van der Waals surface area contributed by atoms with Crippen LogP contribution in [0.3, 0.4) is 0 Å². The molecule has 0 spiro atoms. The third-order valence-electron chi connectivity index (χ3n) is 4.19. The monoisotopic (exact) mass is 359 g/mol. The molecule has 2 rings (SSSR count). The first-order valence-electron chi connectivity index (χ1n) is 8.13. The van der Waals surface area contributed by atoms with Gasteiger partial charge in [0.25, 0.3) is 0 Å². The molecule has 0 unspecified atom stereocenters. The number of nitrogens with zero attached hydrogens (tertiary/aromatic N) is 1. The van der Waals surface area contributed by atoms with E-state index in [1.165, 1.54) is 17.5 Å². The second-order valence-corrected chi connectivity index (χ2v) is 7.22. The van der Waals surface area contributed by atoms with E-state index < -0.39 is 0 Å².